The molecule has 1 saturated heterocycles. The fraction of sp³-hybridized carbons (Fsp3) is 0.292. The fourth-order valence-electron chi connectivity index (χ4n) is 4.55. The smallest absolute Gasteiger partial charge is 0.409 e. The Kier molecular flexibility index (Phi) is 5.20. The van der Waals surface area contributed by atoms with Gasteiger partial charge >= 0.3 is 6.09 Å². The second-order valence-electron chi connectivity index (χ2n) is 8.40. The number of carbonyl (C=O) groups is 2. The molecule has 5 rings (SSSR count). The van der Waals surface area contributed by atoms with Gasteiger partial charge in [0.05, 0.1) is 12.1 Å². The number of fused-ring (bicyclic) bond motifs is 3. The van der Waals surface area contributed by atoms with Gasteiger partial charge in [-0.3, -0.25) is 14.7 Å². The van der Waals surface area contributed by atoms with Gasteiger partial charge in [-0.15, -0.1) is 0 Å². The van der Waals surface area contributed by atoms with Crippen LogP contribution in [-0.2, 0) is 13.1 Å². The van der Waals surface area contributed by atoms with E-state index in [1.807, 2.05) is 23.1 Å². The summed E-state index contributed by atoms with van der Waals surface area (Å²) in [6, 6.07) is 12.2. The molecule has 2 aliphatic rings. The lowest BCUT2D eigenvalue weighted by atomic mass is 9.98. The molecule has 0 bridgehead atoms. The highest BCUT2D eigenvalue weighted by atomic mass is 19.3. The molecular weight excluding hydrogens is 430 g/mol. The third-order valence-electron chi connectivity index (χ3n) is 6.20. The highest BCUT2D eigenvalue weighted by Gasteiger charge is 2.35. The Bertz CT molecular complexity index is 1250. The van der Waals surface area contributed by atoms with E-state index in [1.165, 1.54) is 0 Å². The van der Waals surface area contributed by atoms with Gasteiger partial charge in [-0.25, -0.2) is 13.6 Å². The molecule has 0 aliphatic carbocycles. The molecule has 1 aromatic heterocycles. The van der Waals surface area contributed by atoms with E-state index in [9.17, 15) is 18.4 Å². The van der Waals surface area contributed by atoms with Crippen molar-refractivity contribution in [1.82, 2.24) is 9.88 Å². The lowest BCUT2D eigenvalue weighted by Gasteiger charge is -2.32. The number of piperidine rings is 1. The summed E-state index contributed by atoms with van der Waals surface area (Å²) in [5.74, 6) is -2.56. The molecule has 0 saturated carbocycles. The quantitative estimate of drug-likeness (QED) is 0.644. The van der Waals surface area contributed by atoms with Crippen LogP contribution in [0.2, 0.25) is 0 Å². The Morgan fingerprint density at radius 1 is 1.15 bits per heavy atom. The van der Waals surface area contributed by atoms with Gasteiger partial charge in [0.25, 0.3) is 11.8 Å². The molecule has 1 fully saturated rings. The zero-order valence-corrected chi connectivity index (χ0v) is 17.8. The molecule has 3 aromatic rings. The summed E-state index contributed by atoms with van der Waals surface area (Å²) in [4.78, 5) is 32.6. The standard InChI is InChI=1S/C24H22F2N4O3/c25-24(26)6-9-29(10-7-24)13-15-11-19-20(21-18(15)5-2-8-28-21)14-30(22(19)31)16-3-1-4-17(12-16)33-23(27)32/h1-5,8,11-12H,6-7,9-10,13-14H2,(H2,27,32). The molecule has 2 aromatic carbocycles. The average Bonchev–Trinajstić information content (AvgIpc) is 3.12. The summed E-state index contributed by atoms with van der Waals surface area (Å²) in [7, 11) is 0. The number of ether oxygens (including phenoxy) is 1. The monoisotopic (exact) mass is 452 g/mol. The van der Waals surface area contributed by atoms with E-state index in [0.29, 0.717) is 37.4 Å². The Balaban J connectivity index is 1.48. The number of benzene rings is 2. The lowest BCUT2D eigenvalue weighted by Crippen LogP contribution is -2.38. The lowest BCUT2D eigenvalue weighted by molar-refractivity contribution is -0.0565. The normalized spacial score (nSPS) is 17.9. The van der Waals surface area contributed by atoms with E-state index in [2.05, 4.69) is 4.98 Å². The first-order chi connectivity index (χ1) is 15.8. The first-order valence-corrected chi connectivity index (χ1v) is 10.7. The second kappa shape index (κ2) is 8.08. The predicted molar refractivity (Wildman–Crippen MR) is 118 cm³/mol. The zero-order chi connectivity index (χ0) is 23.2. The molecule has 170 valence electrons. The summed E-state index contributed by atoms with van der Waals surface area (Å²) >= 11 is 0. The van der Waals surface area contributed by atoms with Crippen molar-refractivity contribution in [3.05, 3.63) is 65.4 Å². The van der Waals surface area contributed by atoms with Gasteiger partial charge in [0.1, 0.15) is 5.75 Å². The Morgan fingerprint density at radius 2 is 1.94 bits per heavy atom. The molecule has 33 heavy (non-hydrogen) atoms. The van der Waals surface area contributed by atoms with E-state index in [-0.39, 0.29) is 24.5 Å². The van der Waals surface area contributed by atoms with Gasteiger partial charge in [-0.05, 0) is 29.8 Å². The van der Waals surface area contributed by atoms with Gasteiger partial charge in [-0.1, -0.05) is 12.1 Å². The van der Waals surface area contributed by atoms with E-state index < -0.39 is 12.0 Å². The van der Waals surface area contributed by atoms with Crippen molar-refractivity contribution in [3.63, 3.8) is 0 Å². The number of halogens is 2. The van der Waals surface area contributed by atoms with Gasteiger partial charge in [0.2, 0.25) is 0 Å². The number of primary amides is 1. The van der Waals surface area contributed by atoms with E-state index in [0.717, 1.165) is 22.0 Å². The Morgan fingerprint density at radius 3 is 2.70 bits per heavy atom. The zero-order valence-electron chi connectivity index (χ0n) is 17.8. The SMILES string of the molecule is NC(=O)Oc1cccc(N2Cc3c(cc(CN4CCC(F)(F)CC4)c4cccnc34)C2=O)c1. The van der Waals surface area contributed by atoms with Crippen molar-refractivity contribution in [2.75, 3.05) is 18.0 Å². The maximum Gasteiger partial charge on any atom is 0.409 e. The van der Waals surface area contributed by atoms with Crippen LogP contribution in [0.1, 0.15) is 34.3 Å². The van der Waals surface area contributed by atoms with Gasteiger partial charge in [0, 0.05) is 66.9 Å². The third kappa shape index (κ3) is 4.11. The van der Waals surface area contributed by atoms with Crippen LogP contribution in [-0.4, -0.2) is 40.9 Å². The van der Waals surface area contributed by atoms with Crippen LogP contribution in [0.3, 0.4) is 0 Å². The number of likely N-dealkylation sites (tertiary alicyclic amines) is 1. The number of anilines is 1. The predicted octanol–water partition coefficient (Wildman–Crippen LogP) is 4.08. The number of hydrogen-bond donors (Lipinski definition) is 1. The third-order valence-corrected chi connectivity index (χ3v) is 6.20. The Labute approximate surface area is 188 Å². The molecule has 0 spiro atoms. The largest absolute Gasteiger partial charge is 0.410 e. The maximum absolute atomic E-state index is 13.6. The van der Waals surface area contributed by atoms with Crippen molar-refractivity contribution < 1.29 is 23.1 Å². The molecule has 2 amide bonds. The highest BCUT2D eigenvalue weighted by Crippen LogP contribution is 2.36. The number of aromatic nitrogens is 1. The molecular formula is C24H22F2N4O3. The molecule has 2 N–H and O–H groups in total. The summed E-state index contributed by atoms with van der Waals surface area (Å²) in [5.41, 5.74) is 8.64. The number of amides is 2. The van der Waals surface area contributed by atoms with Gasteiger partial charge in [-0.2, -0.15) is 0 Å². The first-order valence-electron chi connectivity index (χ1n) is 10.7. The summed E-state index contributed by atoms with van der Waals surface area (Å²) in [6.07, 6.45) is 0.427. The van der Waals surface area contributed by atoms with Crippen LogP contribution in [0.25, 0.3) is 10.9 Å². The van der Waals surface area contributed by atoms with Gasteiger partial charge < -0.3 is 15.4 Å². The van der Waals surface area contributed by atoms with Crippen LogP contribution in [0.15, 0.2) is 48.7 Å². The number of carbonyl (C=O) groups excluding carboxylic acids is 2. The number of nitrogens with two attached hydrogens (primary N) is 1. The van der Waals surface area contributed by atoms with Crippen molar-refractivity contribution >= 4 is 28.6 Å². The Hall–Kier alpha value is -3.59. The molecule has 0 unspecified atom stereocenters. The van der Waals surface area contributed by atoms with E-state index in [1.54, 1.807) is 35.4 Å². The fourth-order valence-corrected chi connectivity index (χ4v) is 4.55. The minimum atomic E-state index is -2.61. The van der Waals surface area contributed by atoms with Crippen LogP contribution in [0.4, 0.5) is 19.3 Å². The van der Waals surface area contributed by atoms with E-state index in [4.69, 9.17) is 10.5 Å². The molecule has 9 heteroatoms. The summed E-state index contributed by atoms with van der Waals surface area (Å²) in [6.45, 7) is 1.40. The molecule has 7 nitrogen and oxygen atoms in total. The summed E-state index contributed by atoms with van der Waals surface area (Å²) < 4.78 is 32.1. The number of pyridine rings is 1. The van der Waals surface area contributed by atoms with Crippen molar-refractivity contribution in [3.8, 4) is 5.75 Å². The maximum atomic E-state index is 13.6. The number of alkyl halides is 2. The van der Waals surface area contributed by atoms with E-state index >= 15 is 0 Å². The second-order valence-corrected chi connectivity index (χ2v) is 8.40. The number of nitrogens with zero attached hydrogens (tertiary/aromatic N) is 3. The average molecular weight is 452 g/mol. The number of rotatable bonds is 4. The topological polar surface area (TPSA) is 88.8 Å². The van der Waals surface area contributed by atoms with Crippen LogP contribution in [0, 0.1) is 0 Å². The molecule has 0 atom stereocenters. The van der Waals surface area contributed by atoms with Crippen LogP contribution >= 0.6 is 0 Å². The molecule has 3 heterocycles. The van der Waals surface area contributed by atoms with Crippen molar-refractivity contribution in [1.29, 1.82) is 0 Å². The van der Waals surface area contributed by atoms with Crippen LogP contribution < -0.4 is 15.4 Å². The molecule has 0 radical (unpaired) electrons. The minimum Gasteiger partial charge on any atom is -0.410 e. The van der Waals surface area contributed by atoms with Crippen LogP contribution in [0.5, 0.6) is 5.75 Å². The van der Waals surface area contributed by atoms with Crippen molar-refractivity contribution in [2.24, 2.45) is 5.73 Å². The highest BCUT2D eigenvalue weighted by molar-refractivity contribution is 6.13. The van der Waals surface area contributed by atoms with Crippen molar-refractivity contribution in [2.45, 2.75) is 31.9 Å². The van der Waals surface area contributed by atoms with Gasteiger partial charge in [0.15, 0.2) is 0 Å². The minimum absolute atomic E-state index is 0.162. The summed E-state index contributed by atoms with van der Waals surface area (Å²) in [5, 5.41) is 0.911. The molecule has 2 aliphatic heterocycles. The number of hydrogen-bond acceptors (Lipinski definition) is 5. The first kappa shape index (κ1) is 21.3.